The molecule has 1 spiro atoms. The molecule has 1 aromatic carbocycles. The molecule has 2 unspecified atom stereocenters. The average molecular weight is 177 g/mol. The molecule has 0 saturated heterocycles. The van der Waals surface area contributed by atoms with Crippen molar-refractivity contribution in [1.29, 1.82) is 0 Å². The normalized spacial score (nSPS) is 35.1. The van der Waals surface area contributed by atoms with Gasteiger partial charge in [-0.05, 0) is 42.5 Å². The number of fused-ring (bicyclic) bond motifs is 2. The molecule has 0 aliphatic heterocycles. The molecule has 2 atom stereocenters. The average Bonchev–Trinajstić information content (AvgIpc) is 2.59. The molecule has 1 nitrogen and oxygen atoms in total. The Morgan fingerprint density at radius 2 is 2.23 bits per heavy atom. The summed E-state index contributed by atoms with van der Waals surface area (Å²) in [6, 6.07) is 5.45. The van der Waals surface area contributed by atoms with Crippen LogP contribution in [-0.4, -0.2) is 6.04 Å². The first-order valence-corrected chi connectivity index (χ1v) is 4.77. The third kappa shape index (κ3) is 0.841. The maximum absolute atomic E-state index is 12.9. The molecule has 2 aliphatic rings. The standard InChI is InChI=1S/C11H12FN/c12-8-1-2-9-7(5-8)3-4-11(9)6-10(11)13/h1-2,5,10H,3-4,6,13H2. The molecule has 0 aromatic heterocycles. The largest absolute Gasteiger partial charge is 0.327 e. The second kappa shape index (κ2) is 2.13. The van der Waals surface area contributed by atoms with E-state index in [1.165, 1.54) is 11.1 Å². The van der Waals surface area contributed by atoms with Gasteiger partial charge in [-0.15, -0.1) is 0 Å². The monoisotopic (exact) mass is 177 g/mol. The molecule has 0 bridgehead atoms. The lowest BCUT2D eigenvalue weighted by Crippen LogP contribution is -2.15. The Bertz CT molecular complexity index is 374. The van der Waals surface area contributed by atoms with Gasteiger partial charge >= 0.3 is 0 Å². The summed E-state index contributed by atoms with van der Waals surface area (Å²) >= 11 is 0. The highest BCUT2D eigenvalue weighted by Crippen LogP contribution is 2.55. The first-order chi connectivity index (χ1) is 6.22. The summed E-state index contributed by atoms with van der Waals surface area (Å²) in [7, 11) is 0. The lowest BCUT2D eigenvalue weighted by Gasteiger charge is -2.08. The number of nitrogens with two attached hydrogens (primary N) is 1. The molecule has 1 saturated carbocycles. The van der Waals surface area contributed by atoms with Gasteiger partial charge in [0.15, 0.2) is 0 Å². The van der Waals surface area contributed by atoms with E-state index in [1.807, 2.05) is 6.07 Å². The van der Waals surface area contributed by atoms with Gasteiger partial charge in [0.2, 0.25) is 0 Å². The second-order valence-electron chi connectivity index (χ2n) is 4.27. The summed E-state index contributed by atoms with van der Waals surface area (Å²) in [5.41, 5.74) is 8.64. The van der Waals surface area contributed by atoms with E-state index in [2.05, 4.69) is 0 Å². The Morgan fingerprint density at radius 3 is 2.92 bits per heavy atom. The number of aryl methyl sites for hydroxylation is 1. The summed E-state index contributed by atoms with van der Waals surface area (Å²) < 4.78 is 12.9. The smallest absolute Gasteiger partial charge is 0.123 e. The van der Waals surface area contributed by atoms with Crippen molar-refractivity contribution in [3.63, 3.8) is 0 Å². The minimum Gasteiger partial charge on any atom is -0.327 e. The van der Waals surface area contributed by atoms with E-state index in [4.69, 9.17) is 5.73 Å². The number of hydrogen-bond acceptors (Lipinski definition) is 1. The van der Waals surface area contributed by atoms with Crippen molar-refractivity contribution in [2.75, 3.05) is 0 Å². The van der Waals surface area contributed by atoms with E-state index < -0.39 is 0 Å². The van der Waals surface area contributed by atoms with Crippen LogP contribution >= 0.6 is 0 Å². The predicted octanol–water partition coefficient (Wildman–Crippen LogP) is 1.74. The lowest BCUT2D eigenvalue weighted by atomic mass is 9.98. The summed E-state index contributed by atoms with van der Waals surface area (Å²) in [5, 5.41) is 0. The van der Waals surface area contributed by atoms with Crippen LogP contribution in [0.3, 0.4) is 0 Å². The first kappa shape index (κ1) is 7.51. The zero-order valence-electron chi connectivity index (χ0n) is 7.39. The Balaban J connectivity index is 2.13. The van der Waals surface area contributed by atoms with Crippen molar-refractivity contribution >= 4 is 0 Å². The van der Waals surface area contributed by atoms with Crippen LogP contribution in [0.5, 0.6) is 0 Å². The SMILES string of the molecule is NC1CC12CCc1cc(F)ccc12. The molecule has 2 aliphatic carbocycles. The Labute approximate surface area is 76.7 Å². The fraction of sp³-hybridized carbons (Fsp3) is 0.455. The van der Waals surface area contributed by atoms with E-state index in [1.54, 1.807) is 12.1 Å². The maximum Gasteiger partial charge on any atom is 0.123 e. The van der Waals surface area contributed by atoms with Crippen LogP contribution in [0.25, 0.3) is 0 Å². The van der Waals surface area contributed by atoms with Gasteiger partial charge in [0.25, 0.3) is 0 Å². The van der Waals surface area contributed by atoms with Gasteiger partial charge in [-0.3, -0.25) is 0 Å². The van der Waals surface area contributed by atoms with Crippen molar-refractivity contribution < 1.29 is 4.39 Å². The fourth-order valence-electron chi connectivity index (χ4n) is 2.68. The molecule has 68 valence electrons. The molecule has 13 heavy (non-hydrogen) atoms. The van der Waals surface area contributed by atoms with Crippen LogP contribution in [0.15, 0.2) is 18.2 Å². The van der Waals surface area contributed by atoms with Crippen LogP contribution in [0.4, 0.5) is 4.39 Å². The molecule has 0 radical (unpaired) electrons. The summed E-state index contributed by atoms with van der Waals surface area (Å²) in [6.45, 7) is 0. The minimum absolute atomic E-state index is 0.120. The van der Waals surface area contributed by atoms with Gasteiger partial charge in [0.1, 0.15) is 5.82 Å². The van der Waals surface area contributed by atoms with E-state index >= 15 is 0 Å². The van der Waals surface area contributed by atoms with Crippen molar-refractivity contribution in [2.24, 2.45) is 5.73 Å². The number of benzene rings is 1. The van der Waals surface area contributed by atoms with Gasteiger partial charge in [-0.25, -0.2) is 4.39 Å². The third-order valence-electron chi connectivity index (χ3n) is 3.58. The zero-order valence-corrected chi connectivity index (χ0v) is 7.39. The quantitative estimate of drug-likeness (QED) is 0.641. The lowest BCUT2D eigenvalue weighted by molar-refractivity contribution is 0.625. The summed E-state index contributed by atoms with van der Waals surface area (Å²) in [5.74, 6) is -0.120. The molecule has 0 heterocycles. The number of halogens is 1. The highest BCUT2D eigenvalue weighted by atomic mass is 19.1. The second-order valence-corrected chi connectivity index (χ2v) is 4.27. The Kier molecular flexibility index (Phi) is 1.23. The highest BCUT2D eigenvalue weighted by molar-refractivity contribution is 5.46. The van der Waals surface area contributed by atoms with Crippen molar-refractivity contribution in [3.05, 3.63) is 35.1 Å². The third-order valence-corrected chi connectivity index (χ3v) is 3.58. The predicted molar refractivity (Wildman–Crippen MR) is 49.0 cm³/mol. The summed E-state index contributed by atoms with van der Waals surface area (Å²) in [6.07, 6.45) is 3.21. The molecular formula is C11H12FN. The fourth-order valence-corrected chi connectivity index (χ4v) is 2.68. The first-order valence-electron chi connectivity index (χ1n) is 4.77. The van der Waals surface area contributed by atoms with E-state index in [0.717, 1.165) is 19.3 Å². The van der Waals surface area contributed by atoms with Crippen molar-refractivity contribution in [1.82, 2.24) is 0 Å². The molecule has 2 N–H and O–H groups in total. The Morgan fingerprint density at radius 1 is 1.46 bits per heavy atom. The highest BCUT2D eigenvalue weighted by Gasteiger charge is 2.56. The zero-order chi connectivity index (χ0) is 9.05. The van der Waals surface area contributed by atoms with Crippen molar-refractivity contribution in [2.45, 2.75) is 30.7 Å². The van der Waals surface area contributed by atoms with Crippen LogP contribution in [0, 0.1) is 5.82 Å². The van der Waals surface area contributed by atoms with Gasteiger partial charge in [-0.2, -0.15) is 0 Å². The van der Waals surface area contributed by atoms with Gasteiger partial charge in [-0.1, -0.05) is 6.07 Å². The molecule has 1 aromatic rings. The van der Waals surface area contributed by atoms with Gasteiger partial charge in [0, 0.05) is 11.5 Å². The van der Waals surface area contributed by atoms with Crippen LogP contribution in [-0.2, 0) is 11.8 Å². The van der Waals surface area contributed by atoms with E-state index in [9.17, 15) is 4.39 Å². The van der Waals surface area contributed by atoms with Crippen LogP contribution in [0.2, 0.25) is 0 Å². The minimum atomic E-state index is -0.120. The van der Waals surface area contributed by atoms with Crippen molar-refractivity contribution in [3.8, 4) is 0 Å². The van der Waals surface area contributed by atoms with Gasteiger partial charge in [0.05, 0.1) is 0 Å². The number of hydrogen-bond donors (Lipinski definition) is 1. The Hall–Kier alpha value is -0.890. The molecule has 3 rings (SSSR count). The van der Waals surface area contributed by atoms with Crippen LogP contribution in [0.1, 0.15) is 24.0 Å². The maximum atomic E-state index is 12.9. The summed E-state index contributed by atoms with van der Waals surface area (Å²) in [4.78, 5) is 0. The number of rotatable bonds is 0. The topological polar surface area (TPSA) is 26.0 Å². The molecule has 2 heteroatoms. The van der Waals surface area contributed by atoms with Gasteiger partial charge < -0.3 is 5.73 Å². The van der Waals surface area contributed by atoms with Crippen LogP contribution < -0.4 is 5.73 Å². The molecule has 0 amide bonds. The molecular weight excluding hydrogens is 165 g/mol. The molecule has 1 fully saturated rings. The van der Waals surface area contributed by atoms with E-state index in [0.29, 0.717) is 6.04 Å². The van der Waals surface area contributed by atoms with E-state index in [-0.39, 0.29) is 11.2 Å².